The number of hydrogen-bond acceptors (Lipinski definition) is 2. The highest BCUT2D eigenvalue weighted by atomic mass is 16.2. The number of anilines is 2. The molecule has 2 aromatic carbocycles. The lowest BCUT2D eigenvalue weighted by Gasteiger charge is -2.27. The summed E-state index contributed by atoms with van der Waals surface area (Å²) >= 11 is 0. The third kappa shape index (κ3) is 4.30. The SMILES string of the molecule is CCc1ccc(NC(=O)N[C@H](C(=O)N2CCc3ccccc32)C(C)C)cc1. The Labute approximate surface area is 160 Å². The first kappa shape index (κ1) is 19.0. The summed E-state index contributed by atoms with van der Waals surface area (Å²) in [5.74, 6) is -0.0788. The van der Waals surface area contributed by atoms with Gasteiger partial charge in [-0.05, 0) is 48.1 Å². The zero-order valence-electron chi connectivity index (χ0n) is 16.2. The van der Waals surface area contributed by atoms with Crippen LogP contribution in [0.4, 0.5) is 16.2 Å². The zero-order valence-corrected chi connectivity index (χ0v) is 16.2. The molecule has 1 aliphatic heterocycles. The maximum absolute atomic E-state index is 13.1. The second-order valence-corrected chi connectivity index (χ2v) is 7.24. The maximum atomic E-state index is 13.1. The van der Waals surface area contributed by atoms with E-state index in [-0.39, 0.29) is 17.9 Å². The minimum atomic E-state index is -0.578. The number of rotatable bonds is 5. The minimum Gasteiger partial charge on any atom is -0.326 e. The van der Waals surface area contributed by atoms with E-state index in [2.05, 4.69) is 17.6 Å². The Bertz CT molecular complexity index is 815. The summed E-state index contributed by atoms with van der Waals surface area (Å²) in [6.07, 6.45) is 1.80. The van der Waals surface area contributed by atoms with Crippen molar-refractivity contribution in [1.29, 1.82) is 0 Å². The van der Waals surface area contributed by atoms with Gasteiger partial charge in [-0.2, -0.15) is 0 Å². The van der Waals surface area contributed by atoms with Crippen LogP contribution in [-0.4, -0.2) is 24.5 Å². The lowest BCUT2D eigenvalue weighted by Crippen LogP contribution is -2.52. The highest BCUT2D eigenvalue weighted by Gasteiger charge is 2.32. The minimum absolute atomic E-state index is 0.0153. The van der Waals surface area contributed by atoms with Gasteiger partial charge in [-0.25, -0.2) is 4.79 Å². The summed E-state index contributed by atoms with van der Waals surface area (Å²) in [4.78, 5) is 27.3. The lowest BCUT2D eigenvalue weighted by atomic mass is 10.0. The third-order valence-electron chi connectivity index (χ3n) is 4.99. The smallest absolute Gasteiger partial charge is 0.319 e. The second kappa shape index (κ2) is 8.25. The summed E-state index contributed by atoms with van der Waals surface area (Å²) in [5.41, 5.74) is 4.05. The molecule has 1 heterocycles. The van der Waals surface area contributed by atoms with Crippen LogP contribution in [0.5, 0.6) is 0 Å². The average Bonchev–Trinajstić information content (AvgIpc) is 3.10. The van der Waals surface area contributed by atoms with Crippen molar-refractivity contribution >= 4 is 23.3 Å². The van der Waals surface area contributed by atoms with Crippen molar-refractivity contribution in [2.45, 2.75) is 39.7 Å². The molecule has 2 N–H and O–H groups in total. The molecular weight excluding hydrogens is 338 g/mol. The second-order valence-electron chi connectivity index (χ2n) is 7.24. The van der Waals surface area contributed by atoms with Crippen molar-refractivity contribution in [3.05, 3.63) is 59.7 Å². The number of hydrogen-bond donors (Lipinski definition) is 2. The van der Waals surface area contributed by atoms with Gasteiger partial charge in [-0.1, -0.05) is 51.1 Å². The predicted octanol–water partition coefficient (Wildman–Crippen LogP) is 3.98. The Morgan fingerprint density at radius 1 is 1.07 bits per heavy atom. The van der Waals surface area contributed by atoms with Crippen molar-refractivity contribution in [3.63, 3.8) is 0 Å². The van der Waals surface area contributed by atoms with Crippen molar-refractivity contribution in [3.8, 4) is 0 Å². The van der Waals surface area contributed by atoms with Gasteiger partial charge in [0.15, 0.2) is 0 Å². The number of benzene rings is 2. The molecule has 27 heavy (non-hydrogen) atoms. The van der Waals surface area contributed by atoms with Crippen molar-refractivity contribution in [2.75, 3.05) is 16.8 Å². The number of nitrogens with zero attached hydrogens (tertiary/aromatic N) is 1. The van der Waals surface area contributed by atoms with E-state index in [4.69, 9.17) is 0 Å². The fourth-order valence-corrected chi connectivity index (χ4v) is 3.38. The van der Waals surface area contributed by atoms with Gasteiger partial charge in [0, 0.05) is 17.9 Å². The van der Waals surface area contributed by atoms with E-state index < -0.39 is 6.04 Å². The number of para-hydroxylation sites is 1. The van der Waals surface area contributed by atoms with Gasteiger partial charge in [0.2, 0.25) is 5.91 Å². The first-order chi connectivity index (χ1) is 13.0. The third-order valence-corrected chi connectivity index (χ3v) is 4.99. The predicted molar refractivity (Wildman–Crippen MR) is 109 cm³/mol. The number of carbonyl (C=O) groups is 2. The normalized spacial score (nSPS) is 14.0. The summed E-state index contributed by atoms with van der Waals surface area (Å²) in [7, 11) is 0. The van der Waals surface area contributed by atoms with Crippen LogP contribution in [0.15, 0.2) is 48.5 Å². The molecule has 0 aromatic heterocycles. The molecule has 0 spiro atoms. The quantitative estimate of drug-likeness (QED) is 0.842. The summed E-state index contributed by atoms with van der Waals surface area (Å²) < 4.78 is 0. The topological polar surface area (TPSA) is 61.4 Å². The first-order valence-corrected chi connectivity index (χ1v) is 9.55. The average molecular weight is 365 g/mol. The fourth-order valence-electron chi connectivity index (χ4n) is 3.38. The summed E-state index contributed by atoms with van der Waals surface area (Å²) in [5, 5.41) is 5.68. The molecule has 1 aliphatic rings. The number of nitrogens with one attached hydrogen (secondary N) is 2. The molecule has 0 radical (unpaired) electrons. The first-order valence-electron chi connectivity index (χ1n) is 9.55. The highest BCUT2D eigenvalue weighted by molar-refractivity contribution is 6.02. The Balaban J connectivity index is 1.68. The molecule has 142 valence electrons. The van der Waals surface area contributed by atoms with Crippen LogP contribution in [0.3, 0.4) is 0 Å². The van der Waals surface area contributed by atoms with Gasteiger partial charge < -0.3 is 15.5 Å². The van der Waals surface area contributed by atoms with Gasteiger partial charge in [0.1, 0.15) is 6.04 Å². The number of carbonyl (C=O) groups excluding carboxylic acids is 2. The highest BCUT2D eigenvalue weighted by Crippen LogP contribution is 2.28. The van der Waals surface area contributed by atoms with E-state index >= 15 is 0 Å². The molecule has 3 amide bonds. The summed E-state index contributed by atoms with van der Waals surface area (Å²) in [6, 6.07) is 14.7. The van der Waals surface area contributed by atoms with Crippen LogP contribution < -0.4 is 15.5 Å². The van der Waals surface area contributed by atoms with Gasteiger partial charge in [-0.15, -0.1) is 0 Å². The van der Waals surface area contributed by atoms with Crippen LogP contribution >= 0.6 is 0 Å². The largest absolute Gasteiger partial charge is 0.326 e. The van der Waals surface area contributed by atoms with E-state index in [1.54, 1.807) is 4.90 Å². The zero-order chi connectivity index (χ0) is 19.4. The Hall–Kier alpha value is -2.82. The van der Waals surface area contributed by atoms with Crippen LogP contribution in [0.25, 0.3) is 0 Å². The summed E-state index contributed by atoms with van der Waals surface area (Å²) in [6.45, 7) is 6.63. The van der Waals surface area contributed by atoms with E-state index in [0.717, 1.165) is 18.5 Å². The monoisotopic (exact) mass is 365 g/mol. The molecule has 3 rings (SSSR count). The number of fused-ring (bicyclic) bond motifs is 1. The number of aryl methyl sites for hydroxylation is 1. The molecule has 2 aromatic rings. The molecule has 0 bridgehead atoms. The molecule has 5 heteroatoms. The van der Waals surface area contributed by atoms with Crippen LogP contribution in [0, 0.1) is 5.92 Å². The van der Waals surface area contributed by atoms with Gasteiger partial charge in [0.25, 0.3) is 0 Å². The van der Waals surface area contributed by atoms with E-state index in [9.17, 15) is 9.59 Å². The van der Waals surface area contributed by atoms with Crippen molar-refractivity contribution in [2.24, 2.45) is 5.92 Å². The molecule has 5 nitrogen and oxygen atoms in total. The Morgan fingerprint density at radius 2 is 1.78 bits per heavy atom. The molecule has 1 atom stereocenters. The van der Waals surface area contributed by atoms with Crippen molar-refractivity contribution in [1.82, 2.24) is 5.32 Å². The van der Waals surface area contributed by atoms with Crippen molar-refractivity contribution < 1.29 is 9.59 Å². The lowest BCUT2D eigenvalue weighted by molar-refractivity contribution is -0.121. The van der Waals surface area contributed by atoms with E-state index in [1.807, 2.05) is 62.4 Å². The van der Waals surface area contributed by atoms with E-state index in [1.165, 1.54) is 11.1 Å². The van der Waals surface area contributed by atoms with E-state index in [0.29, 0.717) is 12.2 Å². The Kier molecular flexibility index (Phi) is 5.79. The van der Waals surface area contributed by atoms with Gasteiger partial charge >= 0.3 is 6.03 Å². The molecule has 0 aliphatic carbocycles. The van der Waals surface area contributed by atoms with Crippen LogP contribution in [0.2, 0.25) is 0 Å². The number of urea groups is 1. The fraction of sp³-hybridized carbons (Fsp3) is 0.364. The van der Waals surface area contributed by atoms with Gasteiger partial charge in [-0.3, -0.25) is 4.79 Å². The maximum Gasteiger partial charge on any atom is 0.319 e. The molecule has 0 saturated heterocycles. The molecule has 0 fully saturated rings. The Morgan fingerprint density at radius 3 is 2.44 bits per heavy atom. The standard InChI is InChI=1S/C22H27N3O2/c1-4-16-9-11-18(12-10-16)23-22(27)24-20(15(2)3)21(26)25-14-13-17-7-5-6-8-19(17)25/h5-12,15,20H,4,13-14H2,1-3H3,(H2,23,24,27)/t20-/m0/s1. The van der Waals surface area contributed by atoms with Gasteiger partial charge in [0.05, 0.1) is 0 Å². The number of amides is 3. The molecule has 0 saturated carbocycles. The molecule has 0 unspecified atom stereocenters. The van der Waals surface area contributed by atoms with Crippen LogP contribution in [-0.2, 0) is 17.6 Å². The molecular formula is C22H27N3O2. The van der Waals surface area contributed by atoms with Crippen LogP contribution in [0.1, 0.15) is 31.9 Å².